The molecular formula is C23H21ClF3N3O5S2. The molecule has 198 valence electrons. The third-order valence-electron chi connectivity index (χ3n) is 5.44. The van der Waals surface area contributed by atoms with Crippen molar-refractivity contribution in [1.29, 1.82) is 0 Å². The zero-order valence-electron chi connectivity index (χ0n) is 19.0. The molecule has 3 aromatic rings. The predicted molar refractivity (Wildman–Crippen MR) is 134 cm³/mol. The SMILES string of the molecule is O=S(=O)(Nc1ccc(Cl)cc1)c1ccc(N2CCOCC2)c(NS(=O)(=O)c2cccc(C(F)(F)F)c2)c1. The van der Waals surface area contributed by atoms with Crippen LogP contribution < -0.4 is 14.3 Å². The van der Waals surface area contributed by atoms with Crippen molar-refractivity contribution in [2.24, 2.45) is 0 Å². The van der Waals surface area contributed by atoms with Gasteiger partial charge in [0.2, 0.25) is 0 Å². The molecule has 0 aromatic heterocycles. The van der Waals surface area contributed by atoms with Gasteiger partial charge in [0.1, 0.15) is 0 Å². The van der Waals surface area contributed by atoms with E-state index in [-0.39, 0.29) is 16.3 Å². The van der Waals surface area contributed by atoms with Gasteiger partial charge in [-0.2, -0.15) is 13.2 Å². The molecule has 1 saturated heterocycles. The number of ether oxygens (including phenoxy) is 1. The molecule has 1 heterocycles. The molecule has 1 aliphatic rings. The van der Waals surface area contributed by atoms with Gasteiger partial charge in [-0.05, 0) is 60.7 Å². The number of halogens is 4. The van der Waals surface area contributed by atoms with Crippen LogP contribution in [0.15, 0.2) is 76.5 Å². The molecular weight excluding hydrogens is 555 g/mol. The van der Waals surface area contributed by atoms with Crippen LogP contribution in [-0.4, -0.2) is 43.1 Å². The summed E-state index contributed by atoms with van der Waals surface area (Å²) in [5.74, 6) is 0. The molecule has 0 bridgehead atoms. The van der Waals surface area contributed by atoms with E-state index in [1.165, 1.54) is 36.4 Å². The lowest BCUT2D eigenvalue weighted by atomic mass is 10.2. The molecule has 1 aliphatic heterocycles. The maximum atomic E-state index is 13.2. The van der Waals surface area contributed by atoms with E-state index in [1.54, 1.807) is 4.90 Å². The summed E-state index contributed by atoms with van der Waals surface area (Å²) in [6.45, 7) is 1.51. The van der Waals surface area contributed by atoms with Crippen molar-refractivity contribution in [3.8, 4) is 0 Å². The highest BCUT2D eigenvalue weighted by atomic mass is 35.5. The molecule has 0 radical (unpaired) electrons. The topological polar surface area (TPSA) is 105 Å². The van der Waals surface area contributed by atoms with Crippen molar-refractivity contribution in [2.45, 2.75) is 16.0 Å². The predicted octanol–water partition coefficient (Wildman–Crippen LogP) is 4.80. The van der Waals surface area contributed by atoms with Gasteiger partial charge in [-0.25, -0.2) is 16.8 Å². The van der Waals surface area contributed by atoms with Crippen molar-refractivity contribution in [1.82, 2.24) is 0 Å². The van der Waals surface area contributed by atoms with Gasteiger partial charge in [-0.1, -0.05) is 17.7 Å². The van der Waals surface area contributed by atoms with Crippen LogP contribution in [0.3, 0.4) is 0 Å². The second-order valence-electron chi connectivity index (χ2n) is 8.02. The lowest BCUT2D eigenvalue weighted by Gasteiger charge is -2.31. The van der Waals surface area contributed by atoms with Crippen LogP contribution in [0.2, 0.25) is 5.02 Å². The largest absolute Gasteiger partial charge is 0.416 e. The van der Waals surface area contributed by atoms with Crippen LogP contribution in [0.25, 0.3) is 0 Å². The summed E-state index contributed by atoms with van der Waals surface area (Å²) in [5.41, 5.74) is -0.664. The summed E-state index contributed by atoms with van der Waals surface area (Å²) in [6.07, 6.45) is -4.74. The van der Waals surface area contributed by atoms with Crippen LogP contribution in [0.4, 0.5) is 30.2 Å². The summed E-state index contributed by atoms with van der Waals surface area (Å²) in [5, 5.41) is 0.407. The number of hydrogen-bond donors (Lipinski definition) is 2. The summed E-state index contributed by atoms with van der Waals surface area (Å²) in [7, 11) is -8.68. The lowest BCUT2D eigenvalue weighted by Crippen LogP contribution is -2.36. The number of sulfonamides is 2. The van der Waals surface area contributed by atoms with Gasteiger partial charge in [-0.3, -0.25) is 9.44 Å². The molecule has 0 aliphatic carbocycles. The standard InChI is InChI=1S/C23H21ClF3N3O5S2/c24-17-4-6-18(7-5-17)28-36(31,32)20-8-9-22(30-10-12-35-13-11-30)21(15-20)29-37(33,34)19-3-1-2-16(14-19)23(25,26)27/h1-9,14-15,28-29H,10-13H2. The van der Waals surface area contributed by atoms with E-state index in [4.69, 9.17) is 16.3 Å². The number of alkyl halides is 3. The summed E-state index contributed by atoms with van der Waals surface area (Å²) < 4.78 is 102. The Kier molecular flexibility index (Phi) is 7.60. The number of nitrogens with one attached hydrogen (secondary N) is 2. The minimum atomic E-state index is -4.74. The van der Waals surface area contributed by atoms with E-state index >= 15 is 0 Å². The van der Waals surface area contributed by atoms with Crippen LogP contribution in [0.1, 0.15) is 5.56 Å². The molecule has 4 rings (SSSR count). The van der Waals surface area contributed by atoms with E-state index in [9.17, 15) is 30.0 Å². The van der Waals surface area contributed by atoms with Crippen LogP contribution in [0, 0.1) is 0 Å². The minimum Gasteiger partial charge on any atom is -0.378 e. The molecule has 8 nitrogen and oxygen atoms in total. The number of morpholine rings is 1. The Morgan fingerprint density at radius 3 is 2.08 bits per heavy atom. The normalized spacial score (nSPS) is 14.9. The first-order valence-corrected chi connectivity index (χ1v) is 14.1. The Labute approximate surface area is 217 Å². The Hall–Kier alpha value is -3.00. The number of nitrogens with zero attached hydrogens (tertiary/aromatic N) is 1. The van der Waals surface area contributed by atoms with Gasteiger partial charge in [-0.15, -0.1) is 0 Å². The molecule has 0 saturated carbocycles. The van der Waals surface area contributed by atoms with Crippen molar-refractivity contribution < 1.29 is 34.7 Å². The molecule has 0 unspecified atom stereocenters. The first-order chi connectivity index (χ1) is 17.3. The molecule has 2 N–H and O–H groups in total. The fraction of sp³-hybridized carbons (Fsp3) is 0.217. The van der Waals surface area contributed by atoms with E-state index in [2.05, 4.69) is 9.44 Å². The van der Waals surface area contributed by atoms with E-state index in [1.807, 2.05) is 0 Å². The summed E-state index contributed by atoms with van der Waals surface area (Å²) in [6, 6.07) is 13.0. The van der Waals surface area contributed by atoms with Crippen molar-refractivity contribution in [3.63, 3.8) is 0 Å². The van der Waals surface area contributed by atoms with E-state index in [0.29, 0.717) is 43.1 Å². The summed E-state index contributed by atoms with van der Waals surface area (Å²) in [4.78, 5) is 0.903. The second kappa shape index (κ2) is 10.4. The molecule has 0 atom stereocenters. The third kappa shape index (κ3) is 6.47. The quantitative estimate of drug-likeness (QED) is 0.419. The van der Waals surface area contributed by atoms with Crippen LogP contribution in [-0.2, 0) is 31.0 Å². The Bertz CT molecular complexity index is 1490. The Morgan fingerprint density at radius 1 is 0.811 bits per heavy atom. The number of benzene rings is 3. The Morgan fingerprint density at radius 2 is 1.43 bits per heavy atom. The van der Waals surface area contributed by atoms with Crippen molar-refractivity contribution >= 4 is 48.7 Å². The molecule has 1 fully saturated rings. The first-order valence-electron chi connectivity index (χ1n) is 10.8. The second-order valence-corrected chi connectivity index (χ2v) is 11.8. The van der Waals surface area contributed by atoms with E-state index in [0.717, 1.165) is 24.3 Å². The third-order valence-corrected chi connectivity index (χ3v) is 8.44. The number of hydrogen-bond acceptors (Lipinski definition) is 6. The molecule has 0 amide bonds. The maximum Gasteiger partial charge on any atom is 0.416 e. The molecule has 14 heteroatoms. The molecule has 0 spiro atoms. The monoisotopic (exact) mass is 575 g/mol. The maximum absolute atomic E-state index is 13.2. The fourth-order valence-corrected chi connectivity index (χ4v) is 5.94. The average Bonchev–Trinajstić information content (AvgIpc) is 2.85. The molecule has 37 heavy (non-hydrogen) atoms. The highest BCUT2D eigenvalue weighted by Crippen LogP contribution is 2.34. The number of rotatable bonds is 7. The van der Waals surface area contributed by atoms with Gasteiger partial charge in [0.25, 0.3) is 20.0 Å². The lowest BCUT2D eigenvalue weighted by molar-refractivity contribution is -0.137. The van der Waals surface area contributed by atoms with Crippen LogP contribution in [0.5, 0.6) is 0 Å². The Balaban J connectivity index is 1.73. The molecule has 3 aromatic carbocycles. The van der Waals surface area contributed by atoms with Gasteiger partial charge in [0.05, 0.1) is 39.9 Å². The zero-order valence-corrected chi connectivity index (χ0v) is 21.4. The van der Waals surface area contributed by atoms with Gasteiger partial charge in [0.15, 0.2) is 0 Å². The highest BCUT2D eigenvalue weighted by molar-refractivity contribution is 7.93. The van der Waals surface area contributed by atoms with Gasteiger partial charge in [0, 0.05) is 23.8 Å². The van der Waals surface area contributed by atoms with Gasteiger partial charge >= 0.3 is 6.18 Å². The average molecular weight is 576 g/mol. The summed E-state index contributed by atoms with van der Waals surface area (Å²) >= 11 is 5.84. The number of anilines is 3. The van der Waals surface area contributed by atoms with Crippen molar-refractivity contribution in [3.05, 3.63) is 77.3 Å². The highest BCUT2D eigenvalue weighted by Gasteiger charge is 2.32. The smallest absolute Gasteiger partial charge is 0.378 e. The van der Waals surface area contributed by atoms with Gasteiger partial charge < -0.3 is 9.64 Å². The first kappa shape index (κ1) is 27.0. The van der Waals surface area contributed by atoms with Crippen LogP contribution >= 0.6 is 11.6 Å². The van der Waals surface area contributed by atoms with Crippen molar-refractivity contribution in [2.75, 3.05) is 40.6 Å². The minimum absolute atomic E-state index is 0.113. The fourth-order valence-electron chi connectivity index (χ4n) is 3.62. The zero-order chi connectivity index (χ0) is 26.8. The van der Waals surface area contributed by atoms with E-state index < -0.39 is 36.7 Å².